The van der Waals surface area contributed by atoms with Gasteiger partial charge in [-0.05, 0) is 18.2 Å². The number of nitrogens with zero attached hydrogens (tertiary/aromatic N) is 2. The Kier molecular flexibility index (Phi) is 12.8. The average molecular weight is 589 g/mol. The molecule has 0 bridgehead atoms. The second-order valence-corrected chi connectivity index (χ2v) is 8.63. The summed E-state index contributed by atoms with van der Waals surface area (Å²) in [5.74, 6) is -0.431. The van der Waals surface area contributed by atoms with Gasteiger partial charge in [-0.1, -0.05) is 23.2 Å². The first-order valence-electron chi connectivity index (χ1n) is 11.8. The summed E-state index contributed by atoms with van der Waals surface area (Å²) >= 11 is 11.9. The molecule has 0 atom stereocenters. The first-order chi connectivity index (χ1) is 18.9. The summed E-state index contributed by atoms with van der Waals surface area (Å²) in [5.41, 5.74) is 0.855. The Balaban J connectivity index is 1.69. The topological polar surface area (TPSA) is 113 Å². The number of fused-ring (bicyclic) bond motifs is 1. The highest BCUT2D eigenvalue weighted by molar-refractivity contribution is 6.42. The largest absolute Gasteiger partial charge is 0.489 e. The van der Waals surface area contributed by atoms with Crippen LogP contribution in [0.4, 0.5) is 26.0 Å². The summed E-state index contributed by atoms with van der Waals surface area (Å²) < 4.78 is 53.0. The molecule has 14 heteroatoms. The molecule has 0 radical (unpaired) electrons. The number of ether oxygens (including phenoxy) is 5. The minimum Gasteiger partial charge on any atom is -0.489 e. The van der Waals surface area contributed by atoms with Crippen molar-refractivity contribution in [2.75, 3.05) is 77.3 Å². The molecule has 0 saturated carbocycles. The third-order valence-electron chi connectivity index (χ3n) is 5.00. The minimum atomic E-state index is -0.625. The molecule has 0 aliphatic rings. The lowest BCUT2D eigenvalue weighted by Gasteiger charge is -2.16. The highest BCUT2D eigenvalue weighted by Crippen LogP contribution is 2.35. The van der Waals surface area contributed by atoms with Crippen LogP contribution < -0.4 is 15.4 Å². The van der Waals surface area contributed by atoms with Crippen molar-refractivity contribution in [1.82, 2.24) is 9.97 Å². The van der Waals surface area contributed by atoms with Crippen LogP contribution in [-0.2, 0) is 23.7 Å². The van der Waals surface area contributed by atoms with Crippen molar-refractivity contribution in [3.63, 3.8) is 0 Å². The second-order valence-electron chi connectivity index (χ2n) is 7.81. The van der Waals surface area contributed by atoms with Gasteiger partial charge in [0.2, 0.25) is 5.91 Å². The van der Waals surface area contributed by atoms with Crippen LogP contribution in [0.3, 0.4) is 0 Å². The van der Waals surface area contributed by atoms with Crippen molar-refractivity contribution in [2.45, 2.75) is 0 Å². The van der Waals surface area contributed by atoms with E-state index in [1.165, 1.54) is 19.5 Å². The number of anilines is 3. The van der Waals surface area contributed by atoms with Crippen molar-refractivity contribution < 1.29 is 37.3 Å². The van der Waals surface area contributed by atoms with Crippen molar-refractivity contribution in [3.8, 4) is 5.75 Å². The van der Waals surface area contributed by atoms with Crippen LogP contribution in [0.1, 0.15) is 0 Å². The van der Waals surface area contributed by atoms with Gasteiger partial charge in [-0.3, -0.25) is 4.79 Å². The molecule has 0 aliphatic heterocycles. The van der Waals surface area contributed by atoms with Gasteiger partial charge >= 0.3 is 0 Å². The van der Waals surface area contributed by atoms with Crippen LogP contribution in [0.5, 0.6) is 5.75 Å². The normalized spacial score (nSPS) is 11.1. The zero-order valence-corrected chi connectivity index (χ0v) is 22.6. The van der Waals surface area contributed by atoms with E-state index in [4.69, 9.17) is 46.9 Å². The molecule has 0 spiro atoms. The zero-order chi connectivity index (χ0) is 28.0. The van der Waals surface area contributed by atoms with Crippen LogP contribution in [-0.4, -0.2) is 82.5 Å². The minimum absolute atomic E-state index is 0.0551. The lowest BCUT2D eigenvalue weighted by molar-refractivity contribution is -0.119. The molecular formula is C25H28Cl2F2N4O6. The third-order valence-corrected chi connectivity index (χ3v) is 5.72. The van der Waals surface area contributed by atoms with E-state index < -0.39 is 18.4 Å². The smallest absolute Gasteiger partial charge is 0.250 e. The predicted octanol–water partition coefficient (Wildman–Crippen LogP) is 4.80. The van der Waals surface area contributed by atoms with E-state index in [1.54, 1.807) is 12.1 Å². The predicted molar refractivity (Wildman–Crippen MR) is 144 cm³/mol. The molecule has 212 valence electrons. The fourth-order valence-electron chi connectivity index (χ4n) is 3.27. The summed E-state index contributed by atoms with van der Waals surface area (Å²) in [6, 6.07) is 5.67. The molecule has 0 saturated heterocycles. The summed E-state index contributed by atoms with van der Waals surface area (Å²) in [7, 11) is 1.40. The molecule has 2 N–H and O–H groups in total. The SMILES string of the molecule is COCC(=O)Nc1cc2c(Nc3cc(Cl)c(Cl)cc3F)ncnc2cc1OCCOCCOCCOCCF. The van der Waals surface area contributed by atoms with Gasteiger partial charge in [0.25, 0.3) is 0 Å². The molecule has 0 aliphatic carbocycles. The summed E-state index contributed by atoms with van der Waals surface area (Å²) in [6.07, 6.45) is 1.30. The van der Waals surface area contributed by atoms with Crippen molar-refractivity contribution >= 4 is 57.2 Å². The molecule has 39 heavy (non-hydrogen) atoms. The number of nitrogens with one attached hydrogen (secondary N) is 2. The molecule has 10 nitrogen and oxygen atoms in total. The van der Waals surface area contributed by atoms with Crippen LogP contribution >= 0.6 is 23.2 Å². The summed E-state index contributed by atoms with van der Waals surface area (Å²) in [5, 5.41) is 6.35. The van der Waals surface area contributed by atoms with Gasteiger partial charge in [0.1, 0.15) is 43.6 Å². The average Bonchev–Trinajstić information content (AvgIpc) is 2.91. The molecule has 1 aromatic heterocycles. The van der Waals surface area contributed by atoms with Gasteiger partial charge in [0.15, 0.2) is 0 Å². The van der Waals surface area contributed by atoms with Gasteiger partial charge in [-0.25, -0.2) is 18.7 Å². The van der Waals surface area contributed by atoms with E-state index >= 15 is 0 Å². The van der Waals surface area contributed by atoms with Gasteiger partial charge in [0, 0.05) is 18.6 Å². The number of hydrogen-bond acceptors (Lipinski definition) is 9. The Bertz CT molecular complexity index is 1240. The Hall–Kier alpha value is -2.87. The number of amides is 1. The van der Waals surface area contributed by atoms with E-state index in [-0.39, 0.29) is 48.0 Å². The Labute approximate surface area is 233 Å². The van der Waals surface area contributed by atoms with Gasteiger partial charge in [-0.2, -0.15) is 0 Å². The maximum Gasteiger partial charge on any atom is 0.250 e. The fourth-order valence-corrected chi connectivity index (χ4v) is 3.58. The first-order valence-corrected chi connectivity index (χ1v) is 12.6. The van der Waals surface area contributed by atoms with Crippen LogP contribution in [0.15, 0.2) is 30.6 Å². The molecule has 1 heterocycles. The van der Waals surface area contributed by atoms with Gasteiger partial charge in [-0.15, -0.1) is 0 Å². The molecule has 0 unspecified atom stereocenters. The maximum absolute atomic E-state index is 14.5. The lowest BCUT2D eigenvalue weighted by Crippen LogP contribution is -2.18. The van der Waals surface area contributed by atoms with Gasteiger partial charge < -0.3 is 34.3 Å². The lowest BCUT2D eigenvalue weighted by atomic mass is 10.1. The number of carbonyl (C=O) groups is 1. The van der Waals surface area contributed by atoms with E-state index in [0.29, 0.717) is 48.8 Å². The number of aromatic nitrogens is 2. The third kappa shape index (κ3) is 9.67. The van der Waals surface area contributed by atoms with E-state index in [2.05, 4.69) is 20.6 Å². The van der Waals surface area contributed by atoms with E-state index in [1.807, 2.05) is 0 Å². The zero-order valence-electron chi connectivity index (χ0n) is 21.1. The van der Waals surface area contributed by atoms with E-state index in [0.717, 1.165) is 6.07 Å². The highest BCUT2D eigenvalue weighted by Gasteiger charge is 2.15. The molecule has 3 rings (SSSR count). The fraction of sp³-hybridized carbons (Fsp3) is 0.400. The summed E-state index contributed by atoms with van der Waals surface area (Å²) in [4.78, 5) is 20.8. The molecule has 1 amide bonds. The standard InChI is InChI=1S/C25H28Cl2F2N4O6/c1-35-14-24(34)32-22-10-16-20(13-23(22)39-9-8-38-7-6-37-5-4-36-3-2-28)30-15-31-25(16)33-21-12-18(27)17(26)11-19(21)29/h10-13,15H,2-9,14H2,1H3,(H,32,34)(H,30,31,33). The number of carbonyl (C=O) groups excluding carboxylic acids is 1. The van der Waals surface area contributed by atoms with Crippen molar-refractivity contribution in [2.24, 2.45) is 0 Å². The number of benzene rings is 2. The monoisotopic (exact) mass is 588 g/mol. The Morgan fingerprint density at radius 3 is 2.26 bits per heavy atom. The van der Waals surface area contributed by atoms with Crippen LogP contribution in [0.2, 0.25) is 10.0 Å². The van der Waals surface area contributed by atoms with Gasteiger partial charge in [0.05, 0.1) is 66.6 Å². The Morgan fingerprint density at radius 2 is 1.56 bits per heavy atom. The quantitative estimate of drug-likeness (QED) is 0.169. The maximum atomic E-state index is 14.5. The number of hydrogen-bond donors (Lipinski definition) is 2. The first kappa shape index (κ1) is 30.7. The number of rotatable bonds is 17. The van der Waals surface area contributed by atoms with Crippen molar-refractivity contribution in [3.05, 3.63) is 46.5 Å². The number of methoxy groups -OCH3 is 1. The summed E-state index contributed by atoms with van der Waals surface area (Å²) in [6.45, 7) is 1.11. The number of alkyl halides is 1. The second kappa shape index (κ2) is 16.3. The van der Waals surface area contributed by atoms with Crippen LogP contribution in [0, 0.1) is 5.82 Å². The van der Waals surface area contributed by atoms with Crippen LogP contribution in [0.25, 0.3) is 10.9 Å². The molecule has 3 aromatic rings. The molecular weight excluding hydrogens is 561 g/mol. The number of halogens is 4. The molecule has 2 aromatic carbocycles. The Morgan fingerprint density at radius 1 is 0.897 bits per heavy atom. The van der Waals surface area contributed by atoms with Crippen molar-refractivity contribution in [1.29, 1.82) is 0 Å². The molecule has 0 fully saturated rings. The van der Waals surface area contributed by atoms with E-state index in [9.17, 15) is 13.6 Å². The highest BCUT2D eigenvalue weighted by atomic mass is 35.5.